The second kappa shape index (κ2) is 4.26. The van der Waals surface area contributed by atoms with Crippen molar-refractivity contribution in [2.24, 2.45) is 0 Å². The quantitative estimate of drug-likeness (QED) is 0.730. The van der Waals surface area contributed by atoms with Crippen molar-refractivity contribution in [2.45, 2.75) is 6.92 Å². The fourth-order valence-corrected chi connectivity index (χ4v) is 3.45. The highest BCUT2D eigenvalue weighted by Crippen LogP contribution is 2.31. The Kier molecular flexibility index (Phi) is 3.16. The summed E-state index contributed by atoms with van der Waals surface area (Å²) < 4.78 is 0.658. The molecule has 0 unspecified atom stereocenters. The third-order valence-electron chi connectivity index (χ3n) is 1.90. The first kappa shape index (κ1) is 11.1. The van der Waals surface area contributed by atoms with Crippen molar-refractivity contribution in [1.82, 2.24) is 0 Å². The molecule has 0 bridgehead atoms. The van der Waals surface area contributed by atoms with E-state index in [1.807, 2.05) is 6.92 Å². The Morgan fingerprint density at radius 2 is 2.13 bits per heavy atom. The van der Waals surface area contributed by atoms with Gasteiger partial charge in [-0.15, -0.1) is 22.7 Å². The molecule has 0 amide bonds. The fraction of sp³-hybridized carbons (Fsp3) is 0.100. The highest BCUT2D eigenvalue weighted by molar-refractivity contribution is 7.19. The molecule has 0 radical (unpaired) electrons. The average molecular weight is 277 g/mol. The van der Waals surface area contributed by atoms with Gasteiger partial charge in [0.25, 0.3) is 0 Å². The Morgan fingerprint density at radius 3 is 2.60 bits per heavy atom. The Bertz CT molecular complexity index is 494. The minimum absolute atomic E-state index is 0.0463. The molecule has 5 heteroatoms. The zero-order valence-corrected chi connectivity index (χ0v) is 10.9. The van der Waals surface area contributed by atoms with Crippen LogP contribution in [0.25, 0.3) is 0 Å². The van der Waals surface area contributed by atoms with E-state index in [9.17, 15) is 4.79 Å². The Labute approximate surface area is 105 Å². The van der Waals surface area contributed by atoms with Gasteiger partial charge in [-0.3, -0.25) is 4.79 Å². The molecule has 0 aromatic carbocycles. The Morgan fingerprint density at radius 1 is 1.40 bits per heavy atom. The van der Waals surface area contributed by atoms with Crippen LogP contribution in [0, 0.1) is 6.92 Å². The van der Waals surface area contributed by atoms with Gasteiger partial charge in [0.2, 0.25) is 5.78 Å². The monoisotopic (exact) mass is 276 g/mol. The van der Waals surface area contributed by atoms with Gasteiger partial charge in [-0.25, -0.2) is 0 Å². The van der Waals surface area contributed by atoms with Gasteiger partial charge in [0.05, 0.1) is 19.1 Å². The van der Waals surface area contributed by atoms with E-state index in [0.717, 1.165) is 5.56 Å². The molecule has 2 rings (SSSR count). The van der Waals surface area contributed by atoms with E-state index in [1.165, 1.54) is 22.7 Å². The number of carbonyl (C=O) groups excluding carboxylic acids is 1. The smallest absolute Gasteiger partial charge is 0.214 e. The van der Waals surface area contributed by atoms with Crippen molar-refractivity contribution in [3.05, 3.63) is 42.2 Å². The van der Waals surface area contributed by atoms with Crippen LogP contribution in [0.2, 0.25) is 9.36 Å². The first-order chi connectivity index (χ1) is 7.09. The lowest BCUT2D eigenvalue weighted by Gasteiger charge is -1.93. The SMILES string of the molecule is Cc1cc(C(=O)c2sccc2Cl)sc1Cl. The topological polar surface area (TPSA) is 17.1 Å². The molecule has 0 aliphatic carbocycles. The Balaban J connectivity index is 2.41. The first-order valence-electron chi connectivity index (χ1n) is 4.13. The van der Waals surface area contributed by atoms with E-state index in [1.54, 1.807) is 17.5 Å². The summed E-state index contributed by atoms with van der Waals surface area (Å²) in [5, 5.41) is 2.31. The number of ketones is 1. The van der Waals surface area contributed by atoms with Crippen LogP contribution < -0.4 is 0 Å². The summed E-state index contributed by atoms with van der Waals surface area (Å²) in [6.07, 6.45) is 0. The van der Waals surface area contributed by atoms with Crippen molar-refractivity contribution >= 4 is 51.7 Å². The van der Waals surface area contributed by atoms with Gasteiger partial charge in [0, 0.05) is 0 Å². The maximum absolute atomic E-state index is 12.0. The number of halogens is 2. The number of hydrogen-bond acceptors (Lipinski definition) is 3. The van der Waals surface area contributed by atoms with Crippen LogP contribution in [-0.2, 0) is 0 Å². The average Bonchev–Trinajstić information content (AvgIpc) is 2.74. The van der Waals surface area contributed by atoms with Gasteiger partial charge in [0.15, 0.2) is 0 Å². The van der Waals surface area contributed by atoms with Crippen LogP contribution in [0.3, 0.4) is 0 Å². The standard InChI is InChI=1S/C10H6Cl2OS2/c1-5-4-7(15-10(5)12)8(13)9-6(11)2-3-14-9/h2-4H,1H3. The zero-order valence-electron chi connectivity index (χ0n) is 7.71. The predicted molar refractivity (Wildman–Crippen MR) is 66.8 cm³/mol. The van der Waals surface area contributed by atoms with Gasteiger partial charge in [0.1, 0.15) is 0 Å². The van der Waals surface area contributed by atoms with Gasteiger partial charge < -0.3 is 0 Å². The molecule has 0 spiro atoms. The van der Waals surface area contributed by atoms with Crippen molar-refractivity contribution in [3.8, 4) is 0 Å². The van der Waals surface area contributed by atoms with Crippen LogP contribution in [0.15, 0.2) is 17.5 Å². The fourth-order valence-electron chi connectivity index (χ4n) is 1.14. The van der Waals surface area contributed by atoms with Crippen molar-refractivity contribution in [3.63, 3.8) is 0 Å². The summed E-state index contributed by atoms with van der Waals surface area (Å²) in [6, 6.07) is 3.52. The van der Waals surface area contributed by atoms with Crippen LogP contribution in [-0.4, -0.2) is 5.78 Å². The van der Waals surface area contributed by atoms with Crippen molar-refractivity contribution < 1.29 is 4.79 Å². The molecule has 0 aliphatic rings. The number of carbonyl (C=O) groups is 1. The van der Waals surface area contributed by atoms with E-state index in [2.05, 4.69) is 0 Å². The normalized spacial score (nSPS) is 10.6. The molecule has 0 N–H and O–H groups in total. The lowest BCUT2D eigenvalue weighted by Crippen LogP contribution is -1.95. The van der Waals surface area contributed by atoms with E-state index >= 15 is 0 Å². The number of rotatable bonds is 2. The first-order valence-corrected chi connectivity index (χ1v) is 6.58. The van der Waals surface area contributed by atoms with Crippen LogP contribution in [0.1, 0.15) is 20.1 Å². The second-order valence-electron chi connectivity index (χ2n) is 2.99. The summed E-state index contributed by atoms with van der Waals surface area (Å²) in [4.78, 5) is 13.2. The molecule has 0 saturated heterocycles. The lowest BCUT2D eigenvalue weighted by molar-refractivity contribution is 0.104. The number of aryl methyl sites for hydroxylation is 1. The van der Waals surface area contributed by atoms with Crippen LogP contribution in [0.5, 0.6) is 0 Å². The maximum atomic E-state index is 12.0. The van der Waals surface area contributed by atoms with Crippen LogP contribution in [0.4, 0.5) is 0 Å². The Hall–Kier alpha value is -0.350. The lowest BCUT2D eigenvalue weighted by atomic mass is 10.2. The summed E-state index contributed by atoms with van der Waals surface area (Å²) in [6.45, 7) is 1.88. The van der Waals surface area contributed by atoms with E-state index in [-0.39, 0.29) is 5.78 Å². The van der Waals surface area contributed by atoms with Gasteiger partial charge in [-0.05, 0) is 30.0 Å². The van der Waals surface area contributed by atoms with Crippen LogP contribution >= 0.6 is 45.9 Å². The second-order valence-corrected chi connectivity index (χ2v) is 5.97. The highest BCUT2D eigenvalue weighted by Gasteiger charge is 2.17. The van der Waals surface area contributed by atoms with Gasteiger partial charge in [-0.1, -0.05) is 23.2 Å². The summed E-state index contributed by atoms with van der Waals surface area (Å²) >= 11 is 14.4. The van der Waals surface area contributed by atoms with E-state index in [4.69, 9.17) is 23.2 Å². The van der Waals surface area contributed by atoms with Crippen molar-refractivity contribution in [1.29, 1.82) is 0 Å². The molecule has 1 nitrogen and oxygen atoms in total. The predicted octanol–water partition coefficient (Wildman–Crippen LogP) is 4.66. The number of thiophene rings is 2. The summed E-state index contributed by atoms with van der Waals surface area (Å²) in [5.74, 6) is -0.0463. The van der Waals surface area contributed by atoms with Gasteiger partial charge >= 0.3 is 0 Å². The van der Waals surface area contributed by atoms with Crippen molar-refractivity contribution in [2.75, 3.05) is 0 Å². The third-order valence-corrected chi connectivity index (χ3v) is 4.80. The molecular formula is C10H6Cl2OS2. The molecule has 0 atom stereocenters. The minimum atomic E-state index is -0.0463. The molecule has 0 fully saturated rings. The molecule has 0 aliphatic heterocycles. The van der Waals surface area contributed by atoms with E-state index in [0.29, 0.717) is 19.1 Å². The summed E-state index contributed by atoms with van der Waals surface area (Å²) in [5.41, 5.74) is 0.928. The molecule has 15 heavy (non-hydrogen) atoms. The van der Waals surface area contributed by atoms with Gasteiger partial charge in [-0.2, -0.15) is 0 Å². The molecule has 2 aromatic rings. The minimum Gasteiger partial charge on any atom is -0.287 e. The molecule has 2 heterocycles. The number of hydrogen-bond donors (Lipinski definition) is 0. The highest BCUT2D eigenvalue weighted by atomic mass is 35.5. The largest absolute Gasteiger partial charge is 0.287 e. The van der Waals surface area contributed by atoms with E-state index < -0.39 is 0 Å². The molecule has 0 saturated carbocycles. The zero-order chi connectivity index (χ0) is 11.0. The summed E-state index contributed by atoms with van der Waals surface area (Å²) in [7, 11) is 0. The maximum Gasteiger partial charge on any atom is 0.214 e. The third kappa shape index (κ3) is 2.11. The molecule has 78 valence electrons. The molecular weight excluding hydrogens is 271 g/mol. The molecule has 2 aromatic heterocycles.